The number of aryl methyl sites for hydroxylation is 1. The van der Waals surface area contributed by atoms with Crippen LogP contribution in [0, 0.1) is 18.3 Å². The van der Waals surface area contributed by atoms with Crippen LogP contribution in [-0.2, 0) is 9.84 Å². The molecule has 0 unspecified atom stereocenters. The average molecular weight is 308 g/mol. The number of allylic oxidation sites excluding steroid dienone is 1. The number of halogens is 1. The van der Waals surface area contributed by atoms with E-state index >= 15 is 0 Å². The third-order valence-electron chi connectivity index (χ3n) is 2.56. The molecule has 0 amide bonds. The van der Waals surface area contributed by atoms with Crippen molar-refractivity contribution < 1.29 is 12.8 Å². The Morgan fingerprint density at radius 2 is 1.90 bits per heavy atom. The van der Waals surface area contributed by atoms with Crippen LogP contribution < -0.4 is 0 Å². The van der Waals surface area contributed by atoms with Gasteiger partial charge in [0.25, 0.3) is 0 Å². The van der Waals surface area contributed by atoms with E-state index < -0.39 is 9.84 Å². The van der Waals surface area contributed by atoms with Crippen LogP contribution in [0.2, 0.25) is 5.02 Å². The SMILES string of the molecule is Cc1ccc(C=C(C#N)S(=O)(=O)c2ccc(Cl)cc2)o1. The van der Waals surface area contributed by atoms with Crippen LogP contribution in [0.4, 0.5) is 0 Å². The summed E-state index contributed by atoms with van der Waals surface area (Å²) in [6, 6.07) is 10.6. The molecule has 4 nitrogen and oxygen atoms in total. The molecule has 0 N–H and O–H groups in total. The maximum Gasteiger partial charge on any atom is 0.216 e. The van der Waals surface area contributed by atoms with Crippen molar-refractivity contribution in [3.05, 3.63) is 57.8 Å². The second-order valence-corrected chi connectivity index (χ2v) is 6.38. The molecule has 0 saturated carbocycles. The molecule has 0 fully saturated rings. The zero-order chi connectivity index (χ0) is 14.8. The lowest BCUT2D eigenvalue weighted by molar-refractivity contribution is 0.525. The fourth-order valence-corrected chi connectivity index (χ4v) is 2.84. The molecule has 0 saturated heterocycles. The second kappa shape index (κ2) is 5.53. The Hall–Kier alpha value is -2.03. The number of hydrogen-bond donors (Lipinski definition) is 0. The molecule has 0 spiro atoms. The van der Waals surface area contributed by atoms with Crippen LogP contribution >= 0.6 is 11.6 Å². The van der Waals surface area contributed by atoms with Gasteiger partial charge >= 0.3 is 0 Å². The Morgan fingerprint density at radius 3 is 2.40 bits per heavy atom. The van der Waals surface area contributed by atoms with Crippen LogP contribution in [0.5, 0.6) is 0 Å². The van der Waals surface area contributed by atoms with Crippen molar-refractivity contribution in [2.75, 3.05) is 0 Å². The summed E-state index contributed by atoms with van der Waals surface area (Å²) in [5.74, 6) is 0.953. The normalized spacial score (nSPS) is 12.2. The molecule has 0 aliphatic heterocycles. The topological polar surface area (TPSA) is 71.1 Å². The van der Waals surface area contributed by atoms with Gasteiger partial charge in [-0.15, -0.1) is 0 Å². The first-order valence-electron chi connectivity index (χ1n) is 5.62. The van der Waals surface area contributed by atoms with Gasteiger partial charge in [0.15, 0.2) is 4.91 Å². The molecule has 2 aromatic rings. The first-order chi connectivity index (χ1) is 9.43. The van der Waals surface area contributed by atoms with Gasteiger partial charge in [0.2, 0.25) is 9.84 Å². The monoisotopic (exact) mass is 307 g/mol. The molecule has 0 aliphatic rings. The molecule has 0 aliphatic carbocycles. The lowest BCUT2D eigenvalue weighted by Gasteiger charge is -2.02. The highest BCUT2D eigenvalue weighted by Crippen LogP contribution is 2.23. The molecule has 0 atom stereocenters. The van der Waals surface area contributed by atoms with Crippen molar-refractivity contribution in [3.8, 4) is 6.07 Å². The van der Waals surface area contributed by atoms with Crippen molar-refractivity contribution in [3.63, 3.8) is 0 Å². The van der Waals surface area contributed by atoms with E-state index in [1.807, 2.05) is 0 Å². The van der Waals surface area contributed by atoms with Gasteiger partial charge < -0.3 is 4.42 Å². The molecule has 1 heterocycles. The molecule has 6 heteroatoms. The van der Waals surface area contributed by atoms with Crippen molar-refractivity contribution in [2.24, 2.45) is 0 Å². The lowest BCUT2D eigenvalue weighted by atomic mass is 10.4. The summed E-state index contributed by atoms with van der Waals surface area (Å²) in [6.45, 7) is 1.73. The van der Waals surface area contributed by atoms with Gasteiger partial charge in [-0.1, -0.05) is 11.6 Å². The predicted octanol–water partition coefficient (Wildman–Crippen LogP) is 3.58. The lowest BCUT2D eigenvalue weighted by Crippen LogP contribution is -2.03. The minimum atomic E-state index is -3.88. The third kappa shape index (κ3) is 2.93. The highest BCUT2D eigenvalue weighted by molar-refractivity contribution is 7.95. The number of benzene rings is 1. The van der Waals surface area contributed by atoms with Gasteiger partial charge in [0.05, 0.1) is 4.90 Å². The predicted molar refractivity (Wildman–Crippen MR) is 75.7 cm³/mol. The molecule has 0 bridgehead atoms. The second-order valence-electron chi connectivity index (χ2n) is 4.03. The largest absolute Gasteiger partial charge is 0.462 e. The van der Waals surface area contributed by atoms with E-state index in [4.69, 9.17) is 21.3 Å². The minimum Gasteiger partial charge on any atom is -0.462 e. The van der Waals surface area contributed by atoms with E-state index in [-0.39, 0.29) is 9.80 Å². The molecular weight excluding hydrogens is 298 g/mol. The fraction of sp³-hybridized carbons (Fsp3) is 0.0714. The van der Waals surface area contributed by atoms with Crippen LogP contribution in [0.25, 0.3) is 6.08 Å². The first kappa shape index (κ1) is 14.4. The molecule has 2 rings (SSSR count). The summed E-state index contributed by atoms with van der Waals surface area (Å²) < 4.78 is 29.9. The van der Waals surface area contributed by atoms with Gasteiger partial charge in [-0.05, 0) is 43.3 Å². The Balaban J connectivity index is 2.48. The maximum absolute atomic E-state index is 12.3. The van der Waals surface area contributed by atoms with Gasteiger partial charge in [-0.3, -0.25) is 0 Å². The Morgan fingerprint density at radius 1 is 1.25 bits per heavy atom. The van der Waals surface area contributed by atoms with Gasteiger partial charge in [0, 0.05) is 11.1 Å². The molecule has 102 valence electrons. The van der Waals surface area contributed by atoms with Crippen molar-refractivity contribution >= 4 is 27.5 Å². The van der Waals surface area contributed by atoms with E-state index in [1.54, 1.807) is 25.1 Å². The Kier molecular flexibility index (Phi) is 3.98. The summed E-state index contributed by atoms with van der Waals surface area (Å²) in [5, 5.41) is 9.50. The van der Waals surface area contributed by atoms with E-state index in [0.29, 0.717) is 16.5 Å². The zero-order valence-corrected chi connectivity index (χ0v) is 12.1. The highest BCUT2D eigenvalue weighted by Gasteiger charge is 2.21. The van der Waals surface area contributed by atoms with Crippen molar-refractivity contribution in [1.29, 1.82) is 5.26 Å². The number of rotatable bonds is 3. The van der Waals surface area contributed by atoms with Crippen LogP contribution in [0.15, 0.2) is 50.6 Å². The van der Waals surface area contributed by atoms with E-state index in [0.717, 1.165) is 0 Å². The van der Waals surface area contributed by atoms with Crippen LogP contribution in [0.3, 0.4) is 0 Å². The van der Waals surface area contributed by atoms with E-state index in [1.165, 1.54) is 30.3 Å². The van der Waals surface area contributed by atoms with E-state index in [9.17, 15) is 8.42 Å². The molecular formula is C14H10ClNO3S. The number of hydrogen-bond acceptors (Lipinski definition) is 4. The summed E-state index contributed by atoms with van der Waals surface area (Å²) in [6.07, 6.45) is 1.21. The zero-order valence-electron chi connectivity index (χ0n) is 10.5. The summed E-state index contributed by atoms with van der Waals surface area (Å²) in [7, 11) is -3.88. The Bertz CT molecular complexity index is 796. The molecule has 0 radical (unpaired) electrons. The van der Waals surface area contributed by atoms with E-state index in [2.05, 4.69) is 0 Å². The molecule has 20 heavy (non-hydrogen) atoms. The first-order valence-corrected chi connectivity index (χ1v) is 7.48. The summed E-state index contributed by atoms with van der Waals surface area (Å²) in [4.78, 5) is -0.368. The maximum atomic E-state index is 12.3. The van der Waals surface area contributed by atoms with Crippen molar-refractivity contribution in [2.45, 2.75) is 11.8 Å². The highest BCUT2D eigenvalue weighted by atomic mass is 35.5. The smallest absolute Gasteiger partial charge is 0.216 e. The average Bonchev–Trinajstić information content (AvgIpc) is 2.82. The fourth-order valence-electron chi connectivity index (χ4n) is 1.57. The van der Waals surface area contributed by atoms with Gasteiger partial charge in [-0.25, -0.2) is 8.42 Å². The standard InChI is InChI=1S/C14H10ClNO3S/c1-10-2-5-12(19-10)8-14(9-16)20(17,18)13-6-3-11(15)4-7-13/h2-8H,1H3. The van der Waals surface area contributed by atoms with Gasteiger partial charge in [-0.2, -0.15) is 5.26 Å². The third-order valence-corrected chi connectivity index (χ3v) is 4.49. The van der Waals surface area contributed by atoms with Crippen LogP contribution in [0.1, 0.15) is 11.5 Å². The Labute approximate surface area is 121 Å². The number of nitriles is 1. The summed E-state index contributed by atoms with van der Waals surface area (Å²) in [5.41, 5.74) is 0. The molecule has 1 aromatic carbocycles. The molecule has 1 aromatic heterocycles. The van der Waals surface area contributed by atoms with Crippen LogP contribution in [-0.4, -0.2) is 8.42 Å². The van der Waals surface area contributed by atoms with Crippen molar-refractivity contribution in [1.82, 2.24) is 0 Å². The number of nitrogens with zero attached hydrogens (tertiary/aromatic N) is 1. The number of furan rings is 1. The summed E-state index contributed by atoms with van der Waals surface area (Å²) >= 11 is 5.72. The minimum absolute atomic E-state index is 0.0120. The quantitative estimate of drug-likeness (QED) is 0.813. The number of sulfone groups is 1. The van der Waals surface area contributed by atoms with Gasteiger partial charge in [0.1, 0.15) is 17.6 Å².